The third kappa shape index (κ3) is 4.07. The first kappa shape index (κ1) is 19.0. The third-order valence-electron chi connectivity index (χ3n) is 5.95. The molecule has 0 saturated heterocycles. The topological polar surface area (TPSA) is 41.6 Å². The molecule has 0 aromatic heterocycles. The molecule has 0 amide bonds. The summed E-state index contributed by atoms with van der Waals surface area (Å²) >= 11 is 0. The van der Waals surface area contributed by atoms with Crippen LogP contribution in [-0.2, 0) is 19.4 Å². The maximum atomic E-state index is 12.7. The van der Waals surface area contributed by atoms with Gasteiger partial charge < -0.3 is 15.0 Å². The molecule has 4 rings (SSSR count). The highest BCUT2D eigenvalue weighted by Crippen LogP contribution is 2.37. The number of rotatable bonds is 9. The predicted molar refractivity (Wildman–Crippen MR) is 114 cm³/mol. The maximum absolute atomic E-state index is 12.7. The van der Waals surface area contributed by atoms with E-state index in [1.54, 1.807) is 7.11 Å². The van der Waals surface area contributed by atoms with E-state index in [9.17, 15) is 4.79 Å². The van der Waals surface area contributed by atoms with E-state index >= 15 is 0 Å². The molecule has 1 N–H and O–H groups in total. The Labute approximate surface area is 167 Å². The van der Waals surface area contributed by atoms with Crippen molar-refractivity contribution in [2.45, 2.75) is 45.1 Å². The Bertz CT molecular complexity index is 846. The van der Waals surface area contributed by atoms with Crippen LogP contribution in [-0.4, -0.2) is 32.5 Å². The van der Waals surface area contributed by atoms with Gasteiger partial charge in [0.1, 0.15) is 5.75 Å². The molecule has 4 nitrogen and oxygen atoms in total. The van der Waals surface area contributed by atoms with Gasteiger partial charge in [0.05, 0.1) is 7.11 Å². The zero-order valence-corrected chi connectivity index (χ0v) is 16.8. The van der Waals surface area contributed by atoms with Gasteiger partial charge in [0.15, 0.2) is 5.78 Å². The van der Waals surface area contributed by atoms with E-state index in [1.807, 2.05) is 18.2 Å². The number of hydrogen-bond donors (Lipinski definition) is 1. The lowest BCUT2D eigenvalue weighted by Crippen LogP contribution is -2.26. The number of anilines is 1. The van der Waals surface area contributed by atoms with Crippen LogP contribution < -0.4 is 15.0 Å². The fraction of sp³-hybridized carbons (Fsp3) is 0.458. The maximum Gasteiger partial charge on any atom is 0.162 e. The summed E-state index contributed by atoms with van der Waals surface area (Å²) in [7, 11) is 1.70. The van der Waals surface area contributed by atoms with E-state index in [2.05, 4.69) is 28.4 Å². The van der Waals surface area contributed by atoms with Crippen LogP contribution in [0.3, 0.4) is 0 Å². The molecule has 0 radical (unpaired) electrons. The van der Waals surface area contributed by atoms with Crippen molar-refractivity contribution in [2.24, 2.45) is 0 Å². The summed E-state index contributed by atoms with van der Waals surface area (Å²) in [5, 5.41) is 3.46. The van der Waals surface area contributed by atoms with Crippen molar-refractivity contribution in [3.8, 4) is 5.75 Å². The van der Waals surface area contributed by atoms with Gasteiger partial charge in [-0.1, -0.05) is 18.2 Å². The average Bonchev–Trinajstić information content (AvgIpc) is 3.15. The number of ether oxygens (including phenoxy) is 1. The fourth-order valence-corrected chi connectivity index (χ4v) is 4.51. The number of aryl methyl sites for hydroxylation is 1. The highest BCUT2D eigenvalue weighted by Gasteiger charge is 2.26. The van der Waals surface area contributed by atoms with Crippen LogP contribution in [0.4, 0.5) is 5.69 Å². The smallest absolute Gasteiger partial charge is 0.162 e. The number of ketones is 1. The minimum absolute atomic E-state index is 0.299. The first-order chi connectivity index (χ1) is 13.8. The van der Waals surface area contributed by atoms with Gasteiger partial charge in [0, 0.05) is 42.9 Å². The molecular formula is C24H30N2O2. The lowest BCUT2D eigenvalue weighted by atomic mass is 9.94. The number of para-hydroxylation sites is 1. The number of Topliss-reactive ketones (excluding diaryl/α,β-unsaturated/α-hetero) is 1. The van der Waals surface area contributed by atoms with Crippen LogP contribution in [0.25, 0.3) is 0 Å². The number of nitrogens with zero attached hydrogens (tertiary/aromatic N) is 1. The largest absolute Gasteiger partial charge is 0.496 e. The Morgan fingerprint density at radius 3 is 2.79 bits per heavy atom. The summed E-state index contributed by atoms with van der Waals surface area (Å²) in [6.45, 7) is 4.01. The predicted octanol–water partition coefficient (Wildman–Crippen LogP) is 4.15. The van der Waals surface area contributed by atoms with Gasteiger partial charge in [-0.2, -0.15) is 0 Å². The number of carbonyl (C=O) groups is 1. The molecule has 0 spiro atoms. The van der Waals surface area contributed by atoms with Gasteiger partial charge in [-0.3, -0.25) is 4.79 Å². The second kappa shape index (κ2) is 8.78. The number of methoxy groups -OCH3 is 1. The molecule has 148 valence electrons. The van der Waals surface area contributed by atoms with E-state index in [1.165, 1.54) is 35.3 Å². The van der Waals surface area contributed by atoms with E-state index in [0.717, 1.165) is 56.6 Å². The highest BCUT2D eigenvalue weighted by molar-refractivity contribution is 5.97. The lowest BCUT2D eigenvalue weighted by molar-refractivity contribution is 0.0979. The van der Waals surface area contributed by atoms with Crippen molar-refractivity contribution in [1.82, 2.24) is 5.32 Å². The van der Waals surface area contributed by atoms with E-state index in [-0.39, 0.29) is 0 Å². The Balaban J connectivity index is 1.23. The summed E-state index contributed by atoms with van der Waals surface area (Å²) in [6, 6.07) is 12.4. The standard InChI is InChI=1S/C24H30N2O2/c1-28-23-10-3-2-7-20(23)17-25-12-5-4-9-22(27)21-15-18-8-6-13-26-14-11-19(16-21)24(18)26/h2-3,7,10,15-16,25H,4-6,8-9,11-14,17H2,1H3. The van der Waals surface area contributed by atoms with E-state index < -0.39 is 0 Å². The molecule has 0 aliphatic carbocycles. The monoisotopic (exact) mass is 378 g/mol. The van der Waals surface area contributed by atoms with Crippen LogP contribution >= 0.6 is 0 Å². The molecular weight excluding hydrogens is 348 g/mol. The minimum Gasteiger partial charge on any atom is -0.496 e. The molecule has 0 bridgehead atoms. The highest BCUT2D eigenvalue weighted by atomic mass is 16.5. The van der Waals surface area contributed by atoms with Crippen molar-refractivity contribution < 1.29 is 9.53 Å². The molecule has 2 aromatic rings. The first-order valence-corrected chi connectivity index (χ1v) is 10.5. The normalized spacial score (nSPS) is 14.8. The zero-order valence-electron chi connectivity index (χ0n) is 16.8. The van der Waals surface area contributed by atoms with Gasteiger partial charge in [-0.25, -0.2) is 0 Å². The van der Waals surface area contributed by atoms with Crippen molar-refractivity contribution in [2.75, 3.05) is 31.6 Å². The molecule has 0 fully saturated rings. The SMILES string of the molecule is COc1ccccc1CNCCCCC(=O)c1cc2c3c(c1)CCN3CCC2. The fourth-order valence-electron chi connectivity index (χ4n) is 4.51. The Kier molecular flexibility index (Phi) is 5.96. The second-order valence-electron chi connectivity index (χ2n) is 7.85. The van der Waals surface area contributed by atoms with Gasteiger partial charge in [0.25, 0.3) is 0 Å². The summed E-state index contributed by atoms with van der Waals surface area (Å²) in [4.78, 5) is 15.2. The van der Waals surface area contributed by atoms with Crippen molar-refractivity contribution >= 4 is 11.5 Å². The number of unbranched alkanes of at least 4 members (excludes halogenated alkanes) is 1. The third-order valence-corrected chi connectivity index (χ3v) is 5.95. The van der Waals surface area contributed by atoms with Gasteiger partial charge in [-0.05, 0) is 68.0 Å². The van der Waals surface area contributed by atoms with Crippen molar-refractivity contribution in [1.29, 1.82) is 0 Å². The molecule has 2 aliphatic rings. The van der Waals surface area contributed by atoms with Crippen molar-refractivity contribution in [3.63, 3.8) is 0 Å². The van der Waals surface area contributed by atoms with Gasteiger partial charge in [0.2, 0.25) is 0 Å². The number of nitrogens with one attached hydrogen (secondary N) is 1. The molecule has 0 saturated carbocycles. The Morgan fingerprint density at radius 1 is 1.11 bits per heavy atom. The van der Waals surface area contributed by atoms with Crippen LogP contribution in [0, 0.1) is 0 Å². The van der Waals surface area contributed by atoms with Gasteiger partial charge in [-0.15, -0.1) is 0 Å². The second-order valence-corrected chi connectivity index (χ2v) is 7.85. The number of benzene rings is 2. The molecule has 2 aliphatic heterocycles. The van der Waals surface area contributed by atoms with Crippen LogP contribution in [0.2, 0.25) is 0 Å². The van der Waals surface area contributed by atoms with Crippen molar-refractivity contribution in [3.05, 3.63) is 58.7 Å². The molecule has 4 heteroatoms. The van der Waals surface area contributed by atoms with E-state index in [0.29, 0.717) is 12.2 Å². The number of hydrogen-bond acceptors (Lipinski definition) is 4. The quantitative estimate of drug-likeness (QED) is 0.526. The molecule has 2 heterocycles. The van der Waals surface area contributed by atoms with Crippen LogP contribution in [0.1, 0.15) is 52.7 Å². The van der Waals surface area contributed by atoms with Gasteiger partial charge >= 0.3 is 0 Å². The van der Waals surface area contributed by atoms with Crippen LogP contribution in [0.15, 0.2) is 36.4 Å². The molecule has 28 heavy (non-hydrogen) atoms. The Hall–Kier alpha value is -2.33. The lowest BCUT2D eigenvalue weighted by Gasteiger charge is -2.27. The molecule has 0 unspecified atom stereocenters. The summed E-state index contributed by atoms with van der Waals surface area (Å²) in [5.74, 6) is 1.22. The Morgan fingerprint density at radius 2 is 1.93 bits per heavy atom. The summed E-state index contributed by atoms with van der Waals surface area (Å²) in [5.41, 5.74) is 6.31. The van der Waals surface area contributed by atoms with E-state index in [4.69, 9.17) is 4.74 Å². The minimum atomic E-state index is 0.299. The summed E-state index contributed by atoms with van der Waals surface area (Å²) < 4.78 is 5.38. The number of carbonyl (C=O) groups excluding carboxylic acids is 1. The molecule has 2 aromatic carbocycles. The van der Waals surface area contributed by atoms with Crippen LogP contribution in [0.5, 0.6) is 5.75 Å². The summed E-state index contributed by atoms with van der Waals surface area (Å²) in [6.07, 6.45) is 5.99. The molecule has 0 atom stereocenters. The average molecular weight is 379 g/mol. The first-order valence-electron chi connectivity index (χ1n) is 10.5. The zero-order chi connectivity index (χ0) is 19.3.